The zero-order valence-corrected chi connectivity index (χ0v) is 19.9. The van der Waals surface area contributed by atoms with E-state index in [2.05, 4.69) is 19.3 Å². The van der Waals surface area contributed by atoms with Gasteiger partial charge in [-0.3, -0.25) is 0 Å². The summed E-state index contributed by atoms with van der Waals surface area (Å²) in [5.74, 6) is 1.72. The van der Waals surface area contributed by atoms with Crippen molar-refractivity contribution in [3.05, 3.63) is 83.7 Å². The third-order valence-electron chi connectivity index (χ3n) is 6.83. The highest BCUT2D eigenvalue weighted by Gasteiger charge is 2.35. The molecule has 0 aliphatic heterocycles. The van der Waals surface area contributed by atoms with Crippen LogP contribution in [0.1, 0.15) is 55.5 Å². The number of quaternary nitrogens is 1. The summed E-state index contributed by atoms with van der Waals surface area (Å²) in [4.78, 5) is 0. The third kappa shape index (κ3) is 5.84. The minimum Gasteiger partial charge on any atom is -0.841 e. The zero-order chi connectivity index (χ0) is 23.2. The highest BCUT2D eigenvalue weighted by atomic mass is 16.5. The van der Waals surface area contributed by atoms with Gasteiger partial charge >= 0.3 is 0 Å². The van der Waals surface area contributed by atoms with Crippen LogP contribution < -0.4 is 9.84 Å². The number of aromatic nitrogens is 1. The molecule has 1 fully saturated rings. The Kier molecular flexibility index (Phi) is 7.51. The minimum atomic E-state index is -1.36. The third-order valence-corrected chi connectivity index (χ3v) is 6.83. The van der Waals surface area contributed by atoms with Gasteiger partial charge in [0.1, 0.15) is 12.3 Å². The fourth-order valence-corrected chi connectivity index (χ4v) is 5.05. The number of para-hydroxylation sites is 1. The van der Waals surface area contributed by atoms with Gasteiger partial charge < -0.3 is 18.8 Å². The average molecular weight is 449 g/mol. The first-order chi connectivity index (χ1) is 16.0. The van der Waals surface area contributed by atoms with E-state index in [4.69, 9.17) is 9.26 Å². The van der Waals surface area contributed by atoms with Gasteiger partial charge in [0, 0.05) is 12.5 Å². The number of hydrogen-bond donors (Lipinski definition) is 0. The molecule has 176 valence electrons. The number of hydrogen-bond acceptors (Lipinski definition) is 4. The van der Waals surface area contributed by atoms with Crippen molar-refractivity contribution in [2.24, 2.45) is 5.92 Å². The Bertz CT molecular complexity index is 981. The summed E-state index contributed by atoms with van der Waals surface area (Å²) in [6.45, 7) is 2.30. The Hall–Kier alpha value is -2.63. The molecule has 1 unspecified atom stereocenters. The van der Waals surface area contributed by atoms with Crippen molar-refractivity contribution < 1.29 is 18.8 Å². The second-order valence-electron chi connectivity index (χ2n) is 9.95. The molecule has 1 aromatic heterocycles. The number of benzene rings is 2. The van der Waals surface area contributed by atoms with E-state index < -0.39 is 5.60 Å². The topological polar surface area (TPSA) is 58.3 Å². The van der Waals surface area contributed by atoms with Gasteiger partial charge in [0.15, 0.2) is 5.76 Å². The molecule has 1 saturated carbocycles. The van der Waals surface area contributed by atoms with Crippen molar-refractivity contribution >= 4 is 0 Å². The van der Waals surface area contributed by atoms with Gasteiger partial charge in [-0.25, -0.2) is 0 Å². The molecule has 4 rings (SSSR count). The maximum Gasteiger partial charge on any atom is 0.191 e. The molecule has 5 heteroatoms. The quantitative estimate of drug-likeness (QED) is 0.327. The van der Waals surface area contributed by atoms with Crippen LogP contribution in [0.5, 0.6) is 5.75 Å². The van der Waals surface area contributed by atoms with E-state index in [0.29, 0.717) is 18.8 Å². The molecule has 0 bridgehead atoms. The molecule has 5 nitrogen and oxygen atoms in total. The molecule has 0 amide bonds. The number of rotatable bonds is 10. The molecule has 1 aliphatic carbocycles. The van der Waals surface area contributed by atoms with Gasteiger partial charge in [-0.1, -0.05) is 91.4 Å². The SMILES string of the molecule is C[N+](C)(CCCOc1ccccc1)Cc1cc(C([O-])(c2ccccc2)C2CCCCC2)no1. The molecule has 2 aromatic carbocycles. The van der Waals surface area contributed by atoms with Crippen LogP contribution in [0.15, 0.2) is 71.3 Å². The highest BCUT2D eigenvalue weighted by Crippen LogP contribution is 2.41. The smallest absolute Gasteiger partial charge is 0.191 e. The van der Waals surface area contributed by atoms with E-state index in [0.717, 1.165) is 60.2 Å². The number of ether oxygens (including phenoxy) is 1. The van der Waals surface area contributed by atoms with Crippen LogP contribution in [0.25, 0.3) is 0 Å². The van der Waals surface area contributed by atoms with Gasteiger partial charge in [0.25, 0.3) is 0 Å². The molecule has 0 N–H and O–H groups in total. The predicted octanol–water partition coefficient (Wildman–Crippen LogP) is 4.90. The van der Waals surface area contributed by atoms with Crippen LogP contribution in [-0.2, 0) is 12.1 Å². The largest absolute Gasteiger partial charge is 0.841 e. The van der Waals surface area contributed by atoms with Crippen LogP contribution in [0, 0.1) is 5.92 Å². The van der Waals surface area contributed by atoms with Crippen LogP contribution in [0.3, 0.4) is 0 Å². The standard InChI is InChI=1S/C28H36N2O3/c1-30(2,19-12-20-32-25-17-10-5-11-18-25)22-26-21-27(29-33-26)28(31,23-13-6-3-7-14-23)24-15-8-4-9-16-24/h3,5-7,10-11,13-14,17-18,21,24H,4,8-9,12,15-16,19-20,22H2,1-2H3. The molecule has 3 aromatic rings. The van der Waals surface area contributed by atoms with Gasteiger partial charge in [0.05, 0.1) is 32.9 Å². The first-order valence-corrected chi connectivity index (χ1v) is 12.2. The molecule has 0 radical (unpaired) electrons. The molecule has 0 spiro atoms. The van der Waals surface area contributed by atoms with Crippen molar-refractivity contribution in [1.29, 1.82) is 0 Å². The normalized spacial score (nSPS) is 16.9. The maximum atomic E-state index is 14.4. The highest BCUT2D eigenvalue weighted by molar-refractivity contribution is 5.33. The van der Waals surface area contributed by atoms with E-state index in [1.807, 2.05) is 66.7 Å². The first-order valence-electron chi connectivity index (χ1n) is 12.2. The monoisotopic (exact) mass is 448 g/mol. The second kappa shape index (κ2) is 10.5. The molecular weight excluding hydrogens is 412 g/mol. The number of nitrogens with zero attached hydrogens (tertiary/aromatic N) is 2. The average Bonchev–Trinajstić information content (AvgIpc) is 3.31. The Morgan fingerprint density at radius 3 is 2.36 bits per heavy atom. The van der Waals surface area contributed by atoms with E-state index in [-0.39, 0.29) is 5.92 Å². The van der Waals surface area contributed by atoms with Crippen molar-refractivity contribution in [1.82, 2.24) is 5.16 Å². The lowest BCUT2D eigenvalue weighted by molar-refractivity contribution is -0.904. The molecule has 1 atom stereocenters. The van der Waals surface area contributed by atoms with Gasteiger partial charge in [-0.05, 0) is 23.7 Å². The van der Waals surface area contributed by atoms with Gasteiger partial charge in [-0.2, -0.15) is 0 Å². The summed E-state index contributed by atoms with van der Waals surface area (Å²) < 4.78 is 12.3. The molecule has 1 heterocycles. The Labute approximate surface area is 197 Å². The Morgan fingerprint density at radius 2 is 1.67 bits per heavy atom. The summed E-state index contributed by atoms with van der Waals surface area (Å²) in [6.07, 6.45) is 6.26. The lowest BCUT2D eigenvalue weighted by Crippen LogP contribution is -2.49. The van der Waals surface area contributed by atoms with E-state index in [1.54, 1.807) is 0 Å². The Morgan fingerprint density at radius 1 is 1.00 bits per heavy atom. The fraction of sp³-hybridized carbons (Fsp3) is 0.464. The maximum absolute atomic E-state index is 14.4. The molecule has 33 heavy (non-hydrogen) atoms. The van der Waals surface area contributed by atoms with E-state index >= 15 is 0 Å². The first kappa shape index (κ1) is 23.5. The van der Waals surface area contributed by atoms with Crippen LogP contribution in [0.2, 0.25) is 0 Å². The zero-order valence-electron chi connectivity index (χ0n) is 19.9. The van der Waals surface area contributed by atoms with Gasteiger partial charge in [0.2, 0.25) is 0 Å². The van der Waals surface area contributed by atoms with Crippen molar-refractivity contribution in [2.75, 3.05) is 27.2 Å². The summed E-state index contributed by atoms with van der Waals surface area (Å²) >= 11 is 0. The molecular formula is C28H36N2O3. The summed E-state index contributed by atoms with van der Waals surface area (Å²) in [5.41, 5.74) is -0.0315. The van der Waals surface area contributed by atoms with Crippen molar-refractivity contribution in [3.63, 3.8) is 0 Å². The summed E-state index contributed by atoms with van der Waals surface area (Å²) in [6, 6.07) is 21.6. The van der Waals surface area contributed by atoms with Crippen molar-refractivity contribution in [3.8, 4) is 5.75 Å². The van der Waals surface area contributed by atoms with Crippen LogP contribution in [-0.4, -0.2) is 36.9 Å². The van der Waals surface area contributed by atoms with Crippen LogP contribution >= 0.6 is 0 Å². The van der Waals surface area contributed by atoms with E-state index in [1.165, 1.54) is 6.42 Å². The fourth-order valence-electron chi connectivity index (χ4n) is 5.05. The lowest BCUT2D eigenvalue weighted by atomic mass is 9.71. The molecule has 0 saturated heterocycles. The lowest BCUT2D eigenvalue weighted by Gasteiger charge is -2.48. The molecule has 1 aliphatic rings. The predicted molar refractivity (Wildman–Crippen MR) is 128 cm³/mol. The van der Waals surface area contributed by atoms with Gasteiger partial charge in [-0.15, -0.1) is 0 Å². The summed E-state index contributed by atoms with van der Waals surface area (Å²) in [7, 11) is 4.35. The minimum absolute atomic E-state index is 0.0456. The van der Waals surface area contributed by atoms with E-state index in [9.17, 15) is 5.11 Å². The summed E-state index contributed by atoms with van der Waals surface area (Å²) in [5, 5.41) is 18.8. The van der Waals surface area contributed by atoms with Crippen molar-refractivity contribution in [2.45, 2.75) is 50.7 Å². The Balaban J connectivity index is 1.42. The second-order valence-corrected chi connectivity index (χ2v) is 9.95. The van der Waals surface area contributed by atoms with Crippen LogP contribution in [0.4, 0.5) is 0 Å².